The molecule has 1 atom stereocenters. The van der Waals surface area contributed by atoms with Crippen molar-refractivity contribution in [3.8, 4) is 0 Å². The molecule has 0 radical (unpaired) electrons. The lowest BCUT2D eigenvalue weighted by atomic mass is 9.93. The van der Waals surface area contributed by atoms with Crippen molar-refractivity contribution in [3.05, 3.63) is 35.8 Å². The summed E-state index contributed by atoms with van der Waals surface area (Å²) < 4.78 is 1.79. The Balaban J connectivity index is 2.41. The molecule has 0 N–H and O–H groups in total. The van der Waals surface area contributed by atoms with Gasteiger partial charge in [-0.3, -0.25) is 14.0 Å². The number of imidazole rings is 1. The van der Waals surface area contributed by atoms with E-state index in [0.717, 1.165) is 5.65 Å². The maximum atomic E-state index is 13.1. The number of rotatable bonds is 6. The first-order valence-electron chi connectivity index (χ1n) is 8.48. The fourth-order valence-electron chi connectivity index (χ4n) is 2.98. The van der Waals surface area contributed by atoms with Crippen molar-refractivity contribution >= 4 is 17.3 Å². The molecule has 0 aliphatic rings. The van der Waals surface area contributed by atoms with Crippen molar-refractivity contribution in [2.75, 3.05) is 7.05 Å². The fraction of sp³-hybridized carbons (Fsp3) is 0.526. The van der Waals surface area contributed by atoms with Crippen LogP contribution in [0.4, 0.5) is 0 Å². The van der Waals surface area contributed by atoms with E-state index >= 15 is 0 Å². The molecule has 0 bridgehead atoms. The Bertz CT molecular complexity index is 746. The first-order chi connectivity index (χ1) is 11.2. The van der Waals surface area contributed by atoms with Gasteiger partial charge in [-0.25, -0.2) is 4.98 Å². The van der Waals surface area contributed by atoms with Crippen LogP contribution in [0.25, 0.3) is 5.65 Å². The molecule has 2 aromatic heterocycles. The van der Waals surface area contributed by atoms with Crippen LogP contribution in [-0.2, 0) is 4.79 Å². The number of ketones is 1. The van der Waals surface area contributed by atoms with Crippen LogP contribution in [0.5, 0.6) is 0 Å². The van der Waals surface area contributed by atoms with E-state index in [0.29, 0.717) is 23.7 Å². The van der Waals surface area contributed by atoms with Gasteiger partial charge >= 0.3 is 0 Å². The maximum absolute atomic E-state index is 13.1. The van der Waals surface area contributed by atoms with Gasteiger partial charge < -0.3 is 4.90 Å². The normalized spacial score (nSPS) is 12.8. The Morgan fingerprint density at radius 1 is 1.21 bits per heavy atom. The molecular weight excluding hydrogens is 302 g/mol. The van der Waals surface area contributed by atoms with Gasteiger partial charge in [0.25, 0.3) is 5.91 Å². The zero-order chi connectivity index (χ0) is 18.0. The fourth-order valence-corrected chi connectivity index (χ4v) is 2.98. The molecule has 5 heteroatoms. The number of carbonyl (C=O) groups is 2. The number of hydrogen-bond donors (Lipinski definition) is 0. The summed E-state index contributed by atoms with van der Waals surface area (Å²) >= 11 is 0. The number of hydrogen-bond acceptors (Lipinski definition) is 3. The average Bonchev–Trinajstić information content (AvgIpc) is 2.86. The predicted octanol–water partition coefficient (Wildman–Crippen LogP) is 3.35. The summed E-state index contributed by atoms with van der Waals surface area (Å²) in [6, 6.07) is 5.22. The summed E-state index contributed by atoms with van der Waals surface area (Å²) in [7, 11) is 1.72. The zero-order valence-electron chi connectivity index (χ0n) is 15.4. The summed E-state index contributed by atoms with van der Waals surface area (Å²) in [5, 5.41) is 0. The smallest absolute Gasteiger partial charge is 0.273 e. The minimum atomic E-state index is -0.411. The lowest BCUT2D eigenvalue weighted by Gasteiger charge is -2.29. The van der Waals surface area contributed by atoms with Crippen LogP contribution in [0.15, 0.2) is 24.4 Å². The molecule has 2 aromatic rings. The molecule has 0 saturated carbocycles. The topological polar surface area (TPSA) is 54.7 Å². The van der Waals surface area contributed by atoms with E-state index in [4.69, 9.17) is 0 Å². The molecule has 0 spiro atoms. The minimum absolute atomic E-state index is 0.103. The number of Topliss-reactive ketones (excluding diaryl/α,β-unsaturated/α-hetero) is 1. The molecule has 0 aromatic carbocycles. The summed E-state index contributed by atoms with van der Waals surface area (Å²) in [5.74, 6) is 0.167. The van der Waals surface area contributed by atoms with Crippen molar-refractivity contribution in [3.63, 3.8) is 0 Å². The second kappa shape index (κ2) is 7.16. The number of amides is 1. The molecule has 1 amide bonds. The van der Waals surface area contributed by atoms with Gasteiger partial charge in [0.2, 0.25) is 0 Å². The summed E-state index contributed by atoms with van der Waals surface area (Å²) in [4.78, 5) is 31.8. The highest BCUT2D eigenvalue weighted by Gasteiger charge is 2.31. The number of fused-ring (bicyclic) bond motifs is 1. The number of carbonyl (C=O) groups excluding carboxylic acids is 2. The Hall–Kier alpha value is -2.17. The largest absolute Gasteiger partial charge is 0.330 e. The standard InChI is InChI=1S/C19H27N3O2/c1-12(2)11-15(18(23)13(3)4)21(6)19(24)17-14(5)20-16-9-7-8-10-22(16)17/h7-10,12-13,15H,11H2,1-6H3/t15-/m1/s1. The van der Waals surface area contributed by atoms with Gasteiger partial charge in [-0.15, -0.1) is 0 Å². The van der Waals surface area contributed by atoms with Gasteiger partial charge in [0.1, 0.15) is 11.3 Å². The molecule has 0 unspecified atom stereocenters. The quantitative estimate of drug-likeness (QED) is 0.816. The third-order valence-electron chi connectivity index (χ3n) is 4.29. The molecule has 2 heterocycles. The van der Waals surface area contributed by atoms with Crippen LogP contribution >= 0.6 is 0 Å². The second-order valence-corrected chi connectivity index (χ2v) is 7.09. The number of aromatic nitrogens is 2. The summed E-state index contributed by atoms with van der Waals surface area (Å²) in [6.07, 6.45) is 2.49. The molecule has 24 heavy (non-hydrogen) atoms. The number of pyridine rings is 1. The van der Waals surface area contributed by atoms with Gasteiger partial charge in [-0.05, 0) is 31.4 Å². The lowest BCUT2D eigenvalue weighted by molar-refractivity contribution is -0.126. The van der Waals surface area contributed by atoms with Crippen LogP contribution in [0, 0.1) is 18.8 Å². The van der Waals surface area contributed by atoms with Gasteiger partial charge in [0.15, 0.2) is 5.78 Å². The molecule has 2 rings (SSSR count). The van der Waals surface area contributed by atoms with E-state index in [1.54, 1.807) is 16.3 Å². The minimum Gasteiger partial charge on any atom is -0.330 e. The predicted molar refractivity (Wildman–Crippen MR) is 95.1 cm³/mol. The molecule has 0 fully saturated rings. The van der Waals surface area contributed by atoms with Gasteiger partial charge in [0.05, 0.1) is 11.7 Å². The zero-order valence-corrected chi connectivity index (χ0v) is 15.4. The van der Waals surface area contributed by atoms with Crippen molar-refractivity contribution in [1.82, 2.24) is 14.3 Å². The maximum Gasteiger partial charge on any atom is 0.273 e. The van der Waals surface area contributed by atoms with E-state index in [-0.39, 0.29) is 17.6 Å². The van der Waals surface area contributed by atoms with Crippen molar-refractivity contribution in [2.45, 2.75) is 47.1 Å². The summed E-state index contributed by atoms with van der Waals surface area (Å²) in [5.41, 5.74) is 1.94. The van der Waals surface area contributed by atoms with Crippen LogP contribution in [0.3, 0.4) is 0 Å². The molecule has 0 saturated heterocycles. The average molecular weight is 329 g/mol. The summed E-state index contributed by atoms with van der Waals surface area (Å²) in [6.45, 7) is 9.73. The Morgan fingerprint density at radius 3 is 2.46 bits per heavy atom. The Labute approximate surface area is 143 Å². The van der Waals surface area contributed by atoms with Crippen molar-refractivity contribution in [2.24, 2.45) is 11.8 Å². The highest BCUT2D eigenvalue weighted by molar-refractivity contribution is 5.98. The molecular formula is C19H27N3O2. The number of nitrogens with zero attached hydrogens (tertiary/aromatic N) is 3. The highest BCUT2D eigenvalue weighted by Crippen LogP contribution is 2.20. The van der Waals surface area contributed by atoms with Crippen LogP contribution in [-0.4, -0.2) is 39.1 Å². The van der Waals surface area contributed by atoms with Crippen molar-refractivity contribution < 1.29 is 9.59 Å². The molecule has 0 aliphatic heterocycles. The molecule has 130 valence electrons. The highest BCUT2D eigenvalue weighted by atomic mass is 16.2. The van der Waals surface area contributed by atoms with E-state index in [9.17, 15) is 9.59 Å². The first-order valence-corrected chi connectivity index (χ1v) is 8.48. The number of likely N-dealkylation sites (N-methyl/N-ethyl adjacent to an activating group) is 1. The van der Waals surface area contributed by atoms with Crippen molar-refractivity contribution in [1.29, 1.82) is 0 Å². The van der Waals surface area contributed by atoms with E-state index in [1.165, 1.54) is 0 Å². The Morgan fingerprint density at radius 2 is 1.88 bits per heavy atom. The van der Waals surface area contributed by atoms with Crippen LogP contribution in [0.1, 0.15) is 50.3 Å². The SMILES string of the molecule is Cc1nc2ccccn2c1C(=O)N(C)[C@H](CC(C)C)C(=O)C(C)C. The second-order valence-electron chi connectivity index (χ2n) is 7.09. The van der Waals surface area contributed by atoms with E-state index in [2.05, 4.69) is 18.8 Å². The van der Waals surface area contributed by atoms with Crippen LogP contribution in [0.2, 0.25) is 0 Å². The van der Waals surface area contributed by atoms with Gasteiger partial charge in [0, 0.05) is 19.2 Å². The Kier molecular flexibility index (Phi) is 5.42. The monoisotopic (exact) mass is 329 g/mol. The third-order valence-corrected chi connectivity index (χ3v) is 4.29. The third kappa shape index (κ3) is 3.50. The first kappa shape index (κ1) is 18.2. The number of aryl methyl sites for hydroxylation is 1. The van der Waals surface area contributed by atoms with E-state index in [1.807, 2.05) is 45.2 Å². The van der Waals surface area contributed by atoms with Gasteiger partial charge in [-0.2, -0.15) is 0 Å². The van der Waals surface area contributed by atoms with Crippen LogP contribution < -0.4 is 0 Å². The molecule has 0 aliphatic carbocycles. The van der Waals surface area contributed by atoms with Gasteiger partial charge in [-0.1, -0.05) is 33.8 Å². The van der Waals surface area contributed by atoms with E-state index < -0.39 is 6.04 Å². The lowest BCUT2D eigenvalue weighted by Crippen LogP contribution is -2.45. The molecule has 5 nitrogen and oxygen atoms in total.